The smallest absolute Gasteiger partial charge is 0.0214 e. The van der Waals surface area contributed by atoms with Crippen LogP contribution in [0.3, 0.4) is 0 Å². The molecule has 5 saturated carbocycles. The van der Waals surface area contributed by atoms with Crippen molar-refractivity contribution >= 4 is 0 Å². The Labute approximate surface area is 155 Å². The summed E-state index contributed by atoms with van der Waals surface area (Å²) in [6.07, 6.45) is 16.9. The zero-order chi connectivity index (χ0) is 17.4. The molecule has 8 atom stereocenters. The fourth-order valence-corrected chi connectivity index (χ4v) is 9.32. The minimum absolute atomic E-state index is 0.129. The summed E-state index contributed by atoms with van der Waals surface area (Å²) >= 11 is 0. The van der Waals surface area contributed by atoms with Crippen molar-refractivity contribution in [3.05, 3.63) is 12.2 Å². The highest BCUT2D eigenvalue weighted by Crippen LogP contribution is 2.71. The largest absolute Gasteiger partial charge is 0.325 e. The van der Waals surface area contributed by atoms with Crippen LogP contribution >= 0.6 is 0 Å². The predicted molar refractivity (Wildman–Crippen MR) is 105 cm³/mol. The number of hydrogen-bond donors (Lipinski definition) is 1. The van der Waals surface area contributed by atoms with Gasteiger partial charge >= 0.3 is 0 Å². The molecule has 1 spiro atoms. The third kappa shape index (κ3) is 2.05. The lowest BCUT2D eigenvalue weighted by molar-refractivity contribution is -0.134. The van der Waals surface area contributed by atoms with E-state index in [-0.39, 0.29) is 5.54 Å². The molecule has 1 nitrogen and oxygen atoms in total. The Morgan fingerprint density at radius 2 is 1.80 bits per heavy atom. The third-order valence-electron chi connectivity index (χ3n) is 10.5. The highest BCUT2D eigenvalue weighted by Gasteiger charge is 2.64. The number of hydrogen-bond acceptors (Lipinski definition) is 1. The van der Waals surface area contributed by atoms with E-state index < -0.39 is 0 Å². The van der Waals surface area contributed by atoms with Crippen LogP contribution in [0.5, 0.6) is 0 Å². The lowest BCUT2D eigenvalue weighted by Gasteiger charge is -2.65. The first-order valence-electron chi connectivity index (χ1n) is 11.4. The van der Waals surface area contributed by atoms with Crippen molar-refractivity contribution in [3.8, 4) is 0 Å². The molecule has 0 radical (unpaired) electrons. The molecule has 5 aliphatic carbocycles. The van der Waals surface area contributed by atoms with E-state index in [1.54, 1.807) is 5.57 Å². The molecule has 2 N–H and O–H groups in total. The summed E-state index contributed by atoms with van der Waals surface area (Å²) in [5.41, 5.74) is 9.99. The fourth-order valence-electron chi connectivity index (χ4n) is 9.32. The second kappa shape index (κ2) is 5.37. The Hall–Kier alpha value is -0.300. The van der Waals surface area contributed by atoms with Gasteiger partial charge in [-0.05, 0) is 111 Å². The SMILES string of the molecule is C=C1CCCC23CCC4C(CCC5(N)C[C@H](C)CCC45C)C2CCC13. The molecule has 0 aliphatic heterocycles. The first-order chi connectivity index (χ1) is 11.9. The first-order valence-corrected chi connectivity index (χ1v) is 11.4. The second-order valence-corrected chi connectivity index (χ2v) is 11.3. The molecule has 5 fully saturated rings. The van der Waals surface area contributed by atoms with Crippen molar-refractivity contribution in [2.24, 2.45) is 46.2 Å². The third-order valence-corrected chi connectivity index (χ3v) is 10.5. The number of rotatable bonds is 0. The highest BCUT2D eigenvalue weighted by molar-refractivity contribution is 5.21. The summed E-state index contributed by atoms with van der Waals surface area (Å²) in [6, 6.07) is 0. The van der Waals surface area contributed by atoms with Gasteiger partial charge < -0.3 is 5.73 Å². The average molecular weight is 342 g/mol. The Morgan fingerprint density at radius 1 is 0.960 bits per heavy atom. The van der Waals surface area contributed by atoms with Crippen molar-refractivity contribution in [3.63, 3.8) is 0 Å². The van der Waals surface area contributed by atoms with Crippen LogP contribution in [0.15, 0.2) is 12.2 Å². The van der Waals surface area contributed by atoms with Crippen molar-refractivity contribution in [2.45, 2.75) is 96.4 Å². The molecule has 140 valence electrons. The first kappa shape index (κ1) is 16.8. The van der Waals surface area contributed by atoms with Gasteiger partial charge in [0.2, 0.25) is 0 Å². The summed E-state index contributed by atoms with van der Waals surface area (Å²) < 4.78 is 0. The van der Waals surface area contributed by atoms with Crippen LogP contribution in [0.25, 0.3) is 0 Å². The van der Waals surface area contributed by atoms with Gasteiger partial charge in [0, 0.05) is 5.54 Å². The maximum absolute atomic E-state index is 7.17. The van der Waals surface area contributed by atoms with Crippen LogP contribution in [-0.4, -0.2) is 5.54 Å². The Bertz CT molecular complexity index is 581. The molecule has 0 bridgehead atoms. The van der Waals surface area contributed by atoms with Crippen molar-refractivity contribution < 1.29 is 0 Å². The van der Waals surface area contributed by atoms with E-state index in [4.69, 9.17) is 5.73 Å². The zero-order valence-electron chi connectivity index (χ0n) is 16.7. The normalized spacial score (nSPS) is 58.0. The van der Waals surface area contributed by atoms with E-state index in [0.29, 0.717) is 10.8 Å². The fraction of sp³-hybridized carbons (Fsp3) is 0.917. The van der Waals surface area contributed by atoms with Gasteiger partial charge in [-0.3, -0.25) is 0 Å². The predicted octanol–water partition coefficient (Wildman–Crippen LogP) is 6.08. The monoisotopic (exact) mass is 341 g/mol. The molecule has 0 heterocycles. The minimum Gasteiger partial charge on any atom is -0.325 e. The highest BCUT2D eigenvalue weighted by atomic mass is 14.8. The molecule has 0 saturated heterocycles. The molecule has 0 aromatic heterocycles. The van der Waals surface area contributed by atoms with E-state index in [2.05, 4.69) is 20.4 Å². The van der Waals surface area contributed by atoms with Gasteiger partial charge in [-0.15, -0.1) is 0 Å². The summed E-state index contributed by atoms with van der Waals surface area (Å²) in [5, 5.41) is 0. The van der Waals surface area contributed by atoms with E-state index in [0.717, 1.165) is 29.6 Å². The number of fused-ring (bicyclic) bond motifs is 4. The van der Waals surface area contributed by atoms with Crippen LogP contribution in [0, 0.1) is 40.4 Å². The van der Waals surface area contributed by atoms with Gasteiger partial charge in [0.1, 0.15) is 0 Å². The molecular formula is C24H39N. The van der Waals surface area contributed by atoms with Crippen LogP contribution in [0.2, 0.25) is 0 Å². The molecule has 5 aliphatic rings. The maximum Gasteiger partial charge on any atom is 0.0214 e. The molecule has 0 aromatic carbocycles. The Kier molecular flexibility index (Phi) is 3.62. The average Bonchev–Trinajstić information content (AvgIpc) is 2.97. The topological polar surface area (TPSA) is 26.0 Å². The van der Waals surface area contributed by atoms with E-state index in [1.165, 1.54) is 77.0 Å². The summed E-state index contributed by atoms with van der Waals surface area (Å²) in [7, 11) is 0. The van der Waals surface area contributed by atoms with Crippen molar-refractivity contribution in [2.75, 3.05) is 0 Å². The molecule has 5 rings (SSSR count). The summed E-state index contributed by atoms with van der Waals surface area (Å²) in [6.45, 7) is 9.57. The number of allylic oxidation sites excluding steroid dienone is 1. The summed E-state index contributed by atoms with van der Waals surface area (Å²) in [4.78, 5) is 0. The van der Waals surface area contributed by atoms with Gasteiger partial charge in [-0.25, -0.2) is 0 Å². The van der Waals surface area contributed by atoms with Gasteiger partial charge in [0.15, 0.2) is 0 Å². The molecule has 0 aromatic rings. The maximum atomic E-state index is 7.17. The summed E-state index contributed by atoms with van der Waals surface area (Å²) in [5.74, 6) is 4.58. The Balaban J connectivity index is 1.48. The van der Waals surface area contributed by atoms with Crippen molar-refractivity contribution in [1.29, 1.82) is 0 Å². The van der Waals surface area contributed by atoms with Gasteiger partial charge in [-0.2, -0.15) is 0 Å². The second-order valence-electron chi connectivity index (χ2n) is 11.3. The molecule has 7 unspecified atom stereocenters. The zero-order valence-corrected chi connectivity index (χ0v) is 16.7. The van der Waals surface area contributed by atoms with Gasteiger partial charge in [0.05, 0.1) is 0 Å². The lowest BCUT2D eigenvalue weighted by atomic mass is 9.41. The van der Waals surface area contributed by atoms with E-state index >= 15 is 0 Å². The minimum atomic E-state index is 0.129. The van der Waals surface area contributed by atoms with Crippen LogP contribution in [0.1, 0.15) is 90.9 Å². The quantitative estimate of drug-likeness (QED) is 0.531. The molecule has 25 heavy (non-hydrogen) atoms. The number of nitrogens with two attached hydrogens (primary N) is 1. The van der Waals surface area contributed by atoms with Crippen molar-refractivity contribution in [1.82, 2.24) is 0 Å². The molecule has 0 amide bonds. The van der Waals surface area contributed by atoms with Gasteiger partial charge in [0.25, 0.3) is 0 Å². The molecular weight excluding hydrogens is 302 g/mol. The van der Waals surface area contributed by atoms with Gasteiger partial charge in [-0.1, -0.05) is 32.4 Å². The van der Waals surface area contributed by atoms with E-state index in [1.807, 2.05) is 0 Å². The van der Waals surface area contributed by atoms with Crippen LogP contribution in [-0.2, 0) is 0 Å². The van der Waals surface area contributed by atoms with E-state index in [9.17, 15) is 0 Å². The molecule has 1 heteroatoms. The standard InChI is InChI=1S/C24H39N/c1-16-8-12-22(3)20-10-13-23-11-4-5-17(2)19(23)6-7-21(23)18(20)9-14-24(22,25)15-16/h16,18-21H,2,4-15,25H2,1,3H3/t16-,18?,19?,20?,21?,22?,23?,24?/m1/s1. The lowest BCUT2D eigenvalue weighted by Crippen LogP contribution is -2.66. The van der Waals surface area contributed by atoms with Crippen LogP contribution < -0.4 is 5.73 Å². The Morgan fingerprint density at radius 3 is 2.64 bits per heavy atom. The van der Waals surface area contributed by atoms with Crippen LogP contribution in [0.4, 0.5) is 0 Å².